The van der Waals surface area contributed by atoms with Gasteiger partial charge in [-0.25, -0.2) is 4.79 Å². The van der Waals surface area contributed by atoms with Gasteiger partial charge in [0.15, 0.2) is 12.4 Å². The number of phenolic OH excluding ortho intramolecular Hbond substituents is 1. The van der Waals surface area contributed by atoms with E-state index in [0.29, 0.717) is 0 Å². The molecule has 0 aliphatic carbocycles. The van der Waals surface area contributed by atoms with Crippen molar-refractivity contribution in [3.63, 3.8) is 0 Å². The number of anilines is 2. The Morgan fingerprint density at radius 3 is 2.46 bits per heavy atom. The summed E-state index contributed by atoms with van der Waals surface area (Å²) in [6.07, 6.45) is 2.76. The number of nitrogens with zero attached hydrogens (tertiary/aromatic N) is 1. The number of halogens is 2. The molecule has 0 spiro atoms. The minimum absolute atomic E-state index is 0. The maximum Gasteiger partial charge on any atom is 0.411 e. The molecule has 7 nitrogen and oxygen atoms in total. The zero-order chi connectivity index (χ0) is 16.8. The van der Waals surface area contributed by atoms with Gasteiger partial charge in [0.2, 0.25) is 6.54 Å². The molecule has 0 unspecified atom stereocenters. The molecule has 2 amide bonds. The Balaban J connectivity index is 0.00000288. The molecule has 24 heavy (non-hydrogen) atoms. The normalized spacial score (nSPS) is 9.58. The predicted molar refractivity (Wildman–Crippen MR) is 84.4 cm³/mol. The monoisotopic (exact) mass is 371 g/mol. The minimum atomic E-state index is -0.742. The molecule has 9 heteroatoms. The van der Waals surface area contributed by atoms with E-state index in [2.05, 4.69) is 15.4 Å². The number of benzene rings is 1. The second kappa shape index (κ2) is 8.95. The van der Waals surface area contributed by atoms with Gasteiger partial charge in [-0.1, -0.05) is 17.7 Å². The van der Waals surface area contributed by atoms with E-state index in [1.54, 1.807) is 29.1 Å². The smallest absolute Gasteiger partial charge is 0.411 e. The van der Waals surface area contributed by atoms with E-state index in [-0.39, 0.29) is 47.0 Å². The molecule has 0 saturated heterocycles. The van der Waals surface area contributed by atoms with Gasteiger partial charge < -0.3 is 27.6 Å². The molecule has 2 rings (SSSR count). The summed E-state index contributed by atoms with van der Waals surface area (Å²) in [5.74, 6) is -0.557. The lowest BCUT2D eigenvalue weighted by Gasteiger charge is -2.11. The van der Waals surface area contributed by atoms with Crippen LogP contribution in [0.15, 0.2) is 42.7 Å². The summed E-state index contributed by atoms with van der Waals surface area (Å²) >= 11 is 6.05. The molecule has 1 aromatic carbocycles. The van der Waals surface area contributed by atoms with Crippen LogP contribution in [0.2, 0.25) is 5.02 Å². The second-order valence-corrected chi connectivity index (χ2v) is 4.97. The van der Waals surface area contributed by atoms with Gasteiger partial charge in [0.1, 0.15) is 5.75 Å². The zero-order valence-electron chi connectivity index (χ0n) is 12.6. The third-order valence-electron chi connectivity index (χ3n) is 2.89. The second-order valence-electron chi connectivity index (χ2n) is 4.56. The number of hydrogen-bond donors (Lipinski definition) is 3. The van der Waals surface area contributed by atoms with Crippen molar-refractivity contribution in [3.8, 4) is 5.75 Å². The van der Waals surface area contributed by atoms with Crippen molar-refractivity contribution >= 4 is 35.0 Å². The maximum absolute atomic E-state index is 12.0. The zero-order valence-corrected chi connectivity index (χ0v) is 14.1. The fourth-order valence-electron chi connectivity index (χ4n) is 1.81. The number of pyridine rings is 1. The average Bonchev–Trinajstić information content (AvgIpc) is 2.53. The van der Waals surface area contributed by atoms with Crippen molar-refractivity contribution in [1.82, 2.24) is 0 Å². The van der Waals surface area contributed by atoms with Crippen LogP contribution in [0.1, 0.15) is 0 Å². The number of hydrogen-bond acceptors (Lipinski definition) is 4. The van der Waals surface area contributed by atoms with Crippen LogP contribution in [-0.4, -0.2) is 24.2 Å². The van der Waals surface area contributed by atoms with Crippen molar-refractivity contribution in [2.45, 2.75) is 6.54 Å². The van der Waals surface area contributed by atoms with Crippen LogP contribution in [0.3, 0.4) is 0 Å². The Labute approximate surface area is 149 Å². The van der Waals surface area contributed by atoms with E-state index in [0.717, 1.165) is 0 Å². The molecule has 3 N–H and O–H groups in total. The van der Waals surface area contributed by atoms with Crippen LogP contribution >= 0.6 is 11.6 Å². The highest BCUT2D eigenvalue weighted by atomic mass is 35.5. The third-order valence-corrected chi connectivity index (χ3v) is 3.20. The van der Waals surface area contributed by atoms with Gasteiger partial charge in [-0.3, -0.25) is 10.1 Å². The quantitative estimate of drug-likeness (QED) is 0.482. The lowest BCUT2D eigenvalue weighted by molar-refractivity contribution is -0.684. The van der Waals surface area contributed by atoms with E-state index in [4.69, 9.17) is 11.6 Å². The van der Waals surface area contributed by atoms with Crippen LogP contribution in [0.25, 0.3) is 0 Å². The fourth-order valence-corrected chi connectivity index (χ4v) is 2.02. The minimum Gasteiger partial charge on any atom is -1.00 e. The third kappa shape index (κ3) is 5.29. The lowest BCUT2D eigenvalue weighted by atomic mass is 10.2. The van der Waals surface area contributed by atoms with Crippen molar-refractivity contribution in [1.29, 1.82) is 0 Å². The van der Waals surface area contributed by atoms with Crippen molar-refractivity contribution in [3.05, 3.63) is 47.7 Å². The van der Waals surface area contributed by atoms with Crippen molar-refractivity contribution in [2.75, 3.05) is 17.7 Å². The first-order valence-corrected chi connectivity index (χ1v) is 6.99. The van der Waals surface area contributed by atoms with Gasteiger partial charge in [0.05, 0.1) is 23.5 Å². The number of methoxy groups -OCH3 is 1. The highest BCUT2D eigenvalue weighted by Gasteiger charge is 2.14. The molecule has 2 aromatic rings. The van der Waals surface area contributed by atoms with Gasteiger partial charge in [-0.2, -0.15) is 4.57 Å². The Kier molecular flexibility index (Phi) is 7.29. The number of carbonyl (C=O) groups excluding carboxylic acids is 2. The lowest BCUT2D eigenvalue weighted by Crippen LogP contribution is -3.00. The number of rotatable bonds is 4. The van der Waals surface area contributed by atoms with Gasteiger partial charge in [0.25, 0.3) is 5.91 Å². The van der Waals surface area contributed by atoms with Crippen molar-refractivity contribution < 1.29 is 36.4 Å². The summed E-state index contributed by atoms with van der Waals surface area (Å²) in [5.41, 5.74) is 0.318. The summed E-state index contributed by atoms with van der Waals surface area (Å²) in [4.78, 5) is 23.1. The molecule has 0 bridgehead atoms. The summed E-state index contributed by atoms with van der Waals surface area (Å²) in [7, 11) is 1.20. The largest absolute Gasteiger partial charge is 1.00 e. The molecule has 0 fully saturated rings. The highest BCUT2D eigenvalue weighted by molar-refractivity contribution is 6.34. The first-order valence-electron chi connectivity index (χ1n) is 6.61. The first kappa shape index (κ1) is 19.5. The molecule has 0 aliphatic heterocycles. The number of amides is 2. The first-order chi connectivity index (χ1) is 11.0. The van der Waals surface area contributed by atoms with Crippen LogP contribution in [0.5, 0.6) is 5.75 Å². The Morgan fingerprint density at radius 1 is 1.17 bits per heavy atom. The van der Waals surface area contributed by atoms with Gasteiger partial charge in [0, 0.05) is 18.2 Å². The molecule has 1 aromatic heterocycles. The van der Waals surface area contributed by atoms with E-state index < -0.39 is 6.09 Å². The van der Waals surface area contributed by atoms with Gasteiger partial charge >= 0.3 is 6.09 Å². The molecular formula is C15H15Cl2N3O4. The molecule has 0 atom stereocenters. The number of ether oxygens (including phenoxy) is 1. The number of aromatic hydroxyl groups is 1. The number of aromatic nitrogens is 1. The molecule has 0 saturated carbocycles. The average molecular weight is 372 g/mol. The molecule has 128 valence electrons. The van der Waals surface area contributed by atoms with Gasteiger partial charge in [-0.15, -0.1) is 0 Å². The number of nitrogens with one attached hydrogen (secondary N) is 2. The van der Waals surface area contributed by atoms with E-state index in [1.165, 1.54) is 19.2 Å². The van der Waals surface area contributed by atoms with Crippen molar-refractivity contribution in [2.24, 2.45) is 0 Å². The summed E-state index contributed by atoms with van der Waals surface area (Å²) in [6.45, 7) is 0.0973. The van der Waals surface area contributed by atoms with Crippen LogP contribution in [0, 0.1) is 0 Å². The maximum atomic E-state index is 12.0. The number of phenols is 1. The molecular weight excluding hydrogens is 357 g/mol. The van der Waals surface area contributed by atoms with E-state index in [9.17, 15) is 14.7 Å². The number of carbonyl (C=O) groups is 2. The molecule has 0 radical (unpaired) electrons. The molecule has 0 aliphatic rings. The Bertz CT molecular complexity index is 726. The van der Waals surface area contributed by atoms with Crippen LogP contribution in [-0.2, 0) is 16.1 Å². The van der Waals surface area contributed by atoms with E-state index >= 15 is 0 Å². The van der Waals surface area contributed by atoms with Gasteiger partial charge in [-0.05, 0) is 6.07 Å². The topological polar surface area (TPSA) is 91.5 Å². The fraction of sp³-hybridized carbons (Fsp3) is 0.133. The Hall–Kier alpha value is -2.51. The van der Waals surface area contributed by atoms with Crippen LogP contribution < -0.4 is 27.6 Å². The SMILES string of the molecule is COC(=O)Nc1cc(Cl)c(NC(=O)C[n+]2ccccc2)cc1O.[Cl-]. The van der Waals surface area contributed by atoms with E-state index in [1.807, 2.05) is 6.07 Å². The Morgan fingerprint density at radius 2 is 1.83 bits per heavy atom. The van der Waals surface area contributed by atoms with Crippen LogP contribution in [0.4, 0.5) is 16.2 Å². The summed E-state index contributed by atoms with van der Waals surface area (Å²) < 4.78 is 6.12. The summed E-state index contributed by atoms with van der Waals surface area (Å²) in [6, 6.07) is 8.02. The summed E-state index contributed by atoms with van der Waals surface area (Å²) in [5, 5.41) is 15.0. The molecule has 1 heterocycles. The predicted octanol–water partition coefficient (Wildman–Crippen LogP) is -0.846. The standard InChI is InChI=1S/C15H14ClN3O4.ClH/c1-23-15(22)18-12-7-10(16)11(8-13(12)20)17-14(21)9-19-5-3-2-4-6-19;/h2-8H,9H2,1H3,(H2-,17,18,20,21,22);1H. The highest BCUT2D eigenvalue weighted by Crippen LogP contribution is 2.33.